The van der Waals surface area contributed by atoms with E-state index in [0.29, 0.717) is 6.61 Å². The van der Waals surface area contributed by atoms with Gasteiger partial charge in [-0.3, -0.25) is 0 Å². The Morgan fingerprint density at radius 3 is 2.47 bits per heavy atom. The lowest BCUT2D eigenvalue weighted by Crippen LogP contribution is -1.96. The van der Waals surface area contributed by atoms with Crippen LogP contribution in [0.3, 0.4) is 0 Å². The lowest BCUT2D eigenvalue weighted by molar-refractivity contribution is 0.305. The normalized spacial score (nSPS) is 10.8. The van der Waals surface area contributed by atoms with Gasteiger partial charge in [0.05, 0.1) is 6.21 Å². The smallest absolute Gasteiger partial charge is 0.119 e. The molecule has 98 valence electrons. The second kappa shape index (κ2) is 6.73. The Bertz CT molecular complexity index is 582. The van der Waals surface area contributed by atoms with E-state index >= 15 is 0 Å². The Morgan fingerprint density at radius 1 is 1.11 bits per heavy atom. The molecule has 0 bridgehead atoms. The number of rotatable bonds is 4. The topological polar surface area (TPSA) is 41.8 Å². The Hall–Kier alpha value is -1.33. The van der Waals surface area contributed by atoms with E-state index in [0.717, 1.165) is 25.8 Å². The highest BCUT2D eigenvalue weighted by Gasteiger charge is 2.02. The van der Waals surface area contributed by atoms with Crippen molar-refractivity contribution in [1.29, 1.82) is 0 Å². The lowest BCUT2D eigenvalue weighted by atomic mass is 10.2. The zero-order valence-corrected chi connectivity index (χ0v) is 13.1. The van der Waals surface area contributed by atoms with E-state index in [4.69, 9.17) is 9.94 Å². The fraction of sp³-hybridized carbons (Fsp3) is 0.0714. The number of hydrogen-bond donors (Lipinski definition) is 1. The molecule has 0 unspecified atom stereocenters. The molecule has 0 amide bonds. The first-order valence-electron chi connectivity index (χ1n) is 5.53. The molecule has 0 spiro atoms. The minimum Gasteiger partial charge on any atom is -0.489 e. The summed E-state index contributed by atoms with van der Waals surface area (Å²) in [5.41, 5.74) is 1.89. The van der Waals surface area contributed by atoms with Gasteiger partial charge in [-0.25, -0.2) is 0 Å². The van der Waals surface area contributed by atoms with Gasteiger partial charge in [0, 0.05) is 14.5 Å². The van der Waals surface area contributed by atoms with E-state index in [1.165, 1.54) is 6.21 Å². The molecule has 0 fully saturated rings. The van der Waals surface area contributed by atoms with Gasteiger partial charge in [-0.1, -0.05) is 43.1 Å². The minimum atomic E-state index is 0.487. The van der Waals surface area contributed by atoms with Gasteiger partial charge in [-0.2, -0.15) is 0 Å². The van der Waals surface area contributed by atoms with Gasteiger partial charge in [0.2, 0.25) is 0 Å². The molecule has 0 saturated carbocycles. The van der Waals surface area contributed by atoms with Crippen LogP contribution in [0.1, 0.15) is 11.1 Å². The average molecular weight is 385 g/mol. The summed E-state index contributed by atoms with van der Waals surface area (Å²) in [6.45, 7) is 0.487. The number of ether oxygens (including phenoxy) is 1. The number of oxime groups is 1. The van der Waals surface area contributed by atoms with Crippen LogP contribution in [0.2, 0.25) is 0 Å². The van der Waals surface area contributed by atoms with Crippen molar-refractivity contribution < 1.29 is 9.94 Å². The molecule has 1 N–H and O–H groups in total. The molecule has 0 radical (unpaired) electrons. The average Bonchev–Trinajstić information content (AvgIpc) is 2.40. The molecule has 0 aliphatic carbocycles. The molecule has 5 heteroatoms. The number of benzene rings is 2. The maximum atomic E-state index is 8.42. The Balaban J connectivity index is 2.02. The first-order valence-corrected chi connectivity index (χ1v) is 7.12. The summed E-state index contributed by atoms with van der Waals surface area (Å²) >= 11 is 6.91. The maximum Gasteiger partial charge on any atom is 0.119 e. The van der Waals surface area contributed by atoms with E-state index in [2.05, 4.69) is 37.0 Å². The Morgan fingerprint density at radius 2 is 1.84 bits per heavy atom. The van der Waals surface area contributed by atoms with Crippen molar-refractivity contribution >= 4 is 38.1 Å². The number of nitrogens with zero attached hydrogens (tertiary/aromatic N) is 1. The SMILES string of the molecule is ON=Cc1ccc(OCc2ccc(Br)cc2Br)cc1. The van der Waals surface area contributed by atoms with E-state index in [1.807, 2.05) is 42.5 Å². The molecule has 19 heavy (non-hydrogen) atoms. The van der Waals surface area contributed by atoms with Gasteiger partial charge < -0.3 is 9.94 Å². The summed E-state index contributed by atoms with van der Waals surface area (Å²) < 4.78 is 7.72. The van der Waals surface area contributed by atoms with Crippen LogP contribution in [-0.2, 0) is 6.61 Å². The highest BCUT2D eigenvalue weighted by atomic mass is 79.9. The van der Waals surface area contributed by atoms with Gasteiger partial charge in [0.25, 0.3) is 0 Å². The fourth-order valence-corrected chi connectivity index (χ4v) is 2.68. The molecule has 0 heterocycles. The van der Waals surface area contributed by atoms with E-state index in [9.17, 15) is 0 Å². The summed E-state index contributed by atoms with van der Waals surface area (Å²) in [5, 5.41) is 11.4. The van der Waals surface area contributed by atoms with Crippen LogP contribution in [0, 0.1) is 0 Å². The van der Waals surface area contributed by atoms with E-state index in [1.54, 1.807) is 0 Å². The molecular weight excluding hydrogens is 374 g/mol. The van der Waals surface area contributed by atoms with Gasteiger partial charge in [0.15, 0.2) is 0 Å². The maximum absolute atomic E-state index is 8.42. The van der Waals surface area contributed by atoms with Crippen LogP contribution in [0.5, 0.6) is 5.75 Å². The molecule has 0 aliphatic heterocycles. The van der Waals surface area contributed by atoms with Crippen LogP contribution in [-0.4, -0.2) is 11.4 Å². The van der Waals surface area contributed by atoms with Crippen molar-refractivity contribution in [2.75, 3.05) is 0 Å². The van der Waals surface area contributed by atoms with Crippen molar-refractivity contribution in [3.63, 3.8) is 0 Å². The van der Waals surface area contributed by atoms with Crippen molar-refractivity contribution in [3.05, 3.63) is 62.5 Å². The third kappa shape index (κ3) is 4.08. The number of halogens is 2. The summed E-state index contributed by atoms with van der Waals surface area (Å²) in [4.78, 5) is 0. The van der Waals surface area contributed by atoms with Crippen LogP contribution in [0.4, 0.5) is 0 Å². The highest BCUT2D eigenvalue weighted by Crippen LogP contribution is 2.23. The Labute approximate surface area is 128 Å². The summed E-state index contributed by atoms with van der Waals surface area (Å²) in [5.74, 6) is 0.768. The molecule has 0 aliphatic rings. The van der Waals surface area contributed by atoms with Crippen molar-refractivity contribution in [2.45, 2.75) is 6.61 Å². The van der Waals surface area contributed by atoms with Gasteiger partial charge in [-0.05, 0) is 42.0 Å². The van der Waals surface area contributed by atoms with Crippen LogP contribution in [0.25, 0.3) is 0 Å². The molecule has 2 aromatic carbocycles. The number of hydrogen-bond acceptors (Lipinski definition) is 3. The second-order valence-corrected chi connectivity index (χ2v) is 5.61. The second-order valence-electron chi connectivity index (χ2n) is 3.84. The standard InChI is InChI=1S/C14H11Br2NO2/c15-12-4-3-11(14(16)7-12)9-19-13-5-1-10(2-6-13)8-17-18/h1-8,18H,9H2. The predicted molar refractivity (Wildman–Crippen MR) is 82.0 cm³/mol. The third-order valence-electron chi connectivity index (χ3n) is 2.50. The summed E-state index contributed by atoms with van der Waals surface area (Å²) in [6, 6.07) is 13.3. The van der Waals surface area contributed by atoms with Crippen LogP contribution < -0.4 is 4.74 Å². The first-order chi connectivity index (χ1) is 9.19. The quantitative estimate of drug-likeness (QED) is 0.475. The van der Waals surface area contributed by atoms with Gasteiger partial charge >= 0.3 is 0 Å². The van der Waals surface area contributed by atoms with Crippen molar-refractivity contribution in [1.82, 2.24) is 0 Å². The molecule has 2 aromatic rings. The zero-order chi connectivity index (χ0) is 13.7. The van der Waals surface area contributed by atoms with Gasteiger partial charge in [-0.15, -0.1) is 0 Å². The molecule has 3 nitrogen and oxygen atoms in total. The lowest BCUT2D eigenvalue weighted by Gasteiger charge is -2.08. The Kier molecular flexibility index (Phi) is 4.99. The van der Waals surface area contributed by atoms with E-state index in [-0.39, 0.29) is 0 Å². The highest BCUT2D eigenvalue weighted by molar-refractivity contribution is 9.11. The zero-order valence-electron chi connectivity index (χ0n) is 9.88. The first kappa shape index (κ1) is 14.1. The van der Waals surface area contributed by atoms with E-state index < -0.39 is 0 Å². The predicted octanol–water partition coefficient (Wildman–Crippen LogP) is 4.60. The summed E-state index contributed by atoms with van der Waals surface area (Å²) in [6.07, 6.45) is 1.37. The molecular formula is C14H11Br2NO2. The van der Waals surface area contributed by atoms with Gasteiger partial charge in [0.1, 0.15) is 12.4 Å². The molecule has 2 rings (SSSR count). The largest absolute Gasteiger partial charge is 0.489 e. The minimum absolute atomic E-state index is 0.487. The monoisotopic (exact) mass is 383 g/mol. The molecule has 0 saturated heterocycles. The third-order valence-corrected chi connectivity index (χ3v) is 3.73. The van der Waals surface area contributed by atoms with Crippen molar-refractivity contribution in [2.24, 2.45) is 5.16 Å². The molecule has 0 aromatic heterocycles. The van der Waals surface area contributed by atoms with Crippen LogP contribution >= 0.6 is 31.9 Å². The fourth-order valence-electron chi connectivity index (χ4n) is 1.52. The summed E-state index contributed by atoms with van der Waals surface area (Å²) in [7, 11) is 0. The van der Waals surface area contributed by atoms with Crippen molar-refractivity contribution in [3.8, 4) is 5.75 Å². The van der Waals surface area contributed by atoms with Crippen LogP contribution in [0.15, 0.2) is 56.6 Å². The molecule has 0 atom stereocenters.